The molecule has 4 heteroatoms. The third-order valence-electron chi connectivity index (χ3n) is 2.67. The molecule has 0 aliphatic carbocycles. The Kier molecular flexibility index (Phi) is 3.84. The van der Waals surface area contributed by atoms with Gasteiger partial charge in [0.2, 0.25) is 0 Å². The number of carbonyl (C=O) groups is 1. The Hall–Kier alpha value is -0.770. The highest BCUT2D eigenvalue weighted by atomic mass is 16.6. The van der Waals surface area contributed by atoms with E-state index in [2.05, 4.69) is 6.92 Å². The highest BCUT2D eigenvalue weighted by Crippen LogP contribution is 2.36. The highest BCUT2D eigenvalue weighted by molar-refractivity contribution is 5.72. The zero-order chi connectivity index (χ0) is 12.5. The second-order valence-corrected chi connectivity index (χ2v) is 5.47. The van der Waals surface area contributed by atoms with Gasteiger partial charge < -0.3 is 9.84 Å². The van der Waals surface area contributed by atoms with Crippen molar-refractivity contribution >= 4 is 6.09 Å². The lowest BCUT2D eigenvalue weighted by molar-refractivity contribution is 0.0361. The first kappa shape index (κ1) is 13.3. The van der Waals surface area contributed by atoms with E-state index in [1.807, 2.05) is 20.8 Å². The Morgan fingerprint density at radius 1 is 1.50 bits per heavy atom. The van der Waals surface area contributed by atoms with Crippen molar-refractivity contribution in [3.05, 3.63) is 0 Å². The number of rotatable bonds is 3. The van der Waals surface area contributed by atoms with Gasteiger partial charge >= 0.3 is 6.09 Å². The van der Waals surface area contributed by atoms with Crippen LogP contribution in [-0.4, -0.2) is 39.9 Å². The zero-order valence-electron chi connectivity index (χ0n) is 10.9. The van der Waals surface area contributed by atoms with Gasteiger partial charge in [0.05, 0.1) is 18.2 Å². The van der Waals surface area contributed by atoms with Crippen LogP contribution in [0.1, 0.15) is 47.5 Å². The Morgan fingerprint density at radius 2 is 2.06 bits per heavy atom. The normalized spacial score (nSPS) is 26.5. The molecule has 1 saturated heterocycles. The predicted molar refractivity (Wildman–Crippen MR) is 62.2 cm³/mol. The first-order valence-electron chi connectivity index (χ1n) is 5.97. The summed E-state index contributed by atoms with van der Waals surface area (Å²) in [5.74, 6) is 0. The number of ether oxygens (including phenoxy) is 1. The Balaban J connectivity index is 2.56. The standard InChI is InChI=1S/C12H23NO3/c1-6-7-9-10(8(2)14)13(9)11(15)16-12(3,4)5/h8-10,14H,6-7H2,1-5H3/t8-,9+,10+,13?/m1/s1. The van der Waals surface area contributed by atoms with Gasteiger partial charge in [0, 0.05) is 0 Å². The number of hydrogen-bond donors (Lipinski definition) is 1. The lowest BCUT2D eigenvalue weighted by atomic mass is 10.1. The molecule has 16 heavy (non-hydrogen) atoms. The number of amides is 1. The van der Waals surface area contributed by atoms with E-state index in [0.29, 0.717) is 0 Å². The van der Waals surface area contributed by atoms with Crippen LogP contribution >= 0.6 is 0 Å². The van der Waals surface area contributed by atoms with E-state index < -0.39 is 11.7 Å². The molecule has 0 spiro atoms. The summed E-state index contributed by atoms with van der Waals surface area (Å²) < 4.78 is 5.29. The monoisotopic (exact) mass is 229 g/mol. The van der Waals surface area contributed by atoms with Crippen LogP contribution in [0.3, 0.4) is 0 Å². The van der Waals surface area contributed by atoms with E-state index in [0.717, 1.165) is 12.8 Å². The molecule has 0 saturated carbocycles. The molecular formula is C12H23NO3. The van der Waals surface area contributed by atoms with Crippen LogP contribution in [0.15, 0.2) is 0 Å². The molecule has 1 aliphatic rings. The van der Waals surface area contributed by atoms with Gasteiger partial charge in [-0.15, -0.1) is 0 Å². The first-order chi connectivity index (χ1) is 7.28. The Bertz CT molecular complexity index is 257. The predicted octanol–water partition coefficient (Wildman–Crippen LogP) is 2.16. The van der Waals surface area contributed by atoms with E-state index in [1.54, 1.807) is 11.8 Å². The summed E-state index contributed by atoms with van der Waals surface area (Å²) in [6, 6.07) is 0.0923. The molecule has 1 fully saturated rings. The van der Waals surface area contributed by atoms with Crippen molar-refractivity contribution < 1.29 is 14.6 Å². The van der Waals surface area contributed by atoms with Gasteiger partial charge in [-0.3, -0.25) is 4.90 Å². The average Bonchev–Trinajstić information content (AvgIpc) is 2.76. The van der Waals surface area contributed by atoms with Crippen LogP contribution in [0.4, 0.5) is 4.79 Å². The summed E-state index contributed by atoms with van der Waals surface area (Å²) in [6.07, 6.45) is 1.14. The van der Waals surface area contributed by atoms with Gasteiger partial charge in [0.15, 0.2) is 0 Å². The van der Waals surface area contributed by atoms with Crippen molar-refractivity contribution in [1.29, 1.82) is 0 Å². The molecule has 0 bridgehead atoms. The molecular weight excluding hydrogens is 206 g/mol. The second kappa shape index (κ2) is 4.62. The molecule has 94 valence electrons. The maximum absolute atomic E-state index is 11.8. The van der Waals surface area contributed by atoms with Crippen LogP contribution in [0.25, 0.3) is 0 Å². The van der Waals surface area contributed by atoms with E-state index in [1.165, 1.54) is 0 Å². The summed E-state index contributed by atoms with van der Waals surface area (Å²) in [5.41, 5.74) is -0.473. The minimum atomic E-state index is -0.482. The molecule has 1 aliphatic heterocycles. The van der Waals surface area contributed by atoms with Crippen LogP contribution in [0.5, 0.6) is 0 Å². The molecule has 0 unspecified atom stereocenters. The SMILES string of the molecule is CCC[C@H]1[C@H]([C@@H](C)O)N1C(=O)OC(C)(C)C. The van der Waals surface area contributed by atoms with Gasteiger partial charge in [-0.2, -0.15) is 0 Å². The fraction of sp³-hybridized carbons (Fsp3) is 0.917. The van der Waals surface area contributed by atoms with Crippen LogP contribution in [0.2, 0.25) is 0 Å². The van der Waals surface area contributed by atoms with Crippen molar-refractivity contribution in [2.45, 2.75) is 71.2 Å². The van der Waals surface area contributed by atoms with Crippen molar-refractivity contribution in [2.75, 3.05) is 0 Å². The number of carbonyl (C=O) groups excluding carboxylic acids is 1. The molecule has 1 rings (SSSR count). The lowest BCUT2D eigenvalue weighted by Crippen LogP contribution is -2.29. The van der Waals surface area contributed by atoms with Gasteiger partial charge in [0.1, 0.15) is 5.60 Å². The van der Waals surface area contributed by atoms with Crippen LogP contribution in [-0.2, 0) is 4.74 Å². The third-order valence-corrected chi connectivity index (χ3v) is 2.67. The minimum absolute atomic E-state index is 0.0604. The number of hydrogen-bond acceptors (Lipinski definition) is 3. The largest absolute Gasteiger partial charge is 0.444 e. The van der Waals surface area contributed by atoms with Crippen molar-refractivity contribution in [3.63, 3.8) is 0 Å². The fourth-order valence-corrected chi connectivity index (χ4v) is 2.03. The summed E-state index contributed by atoms with van der Waals surface area (Å²) in [5, 5.41) is 9.56. The van der Waals surface area contributed by atoms with E-state index in [9.17, 15) is 9.90 Å². The highest BCUT2D eigenvalue weighted by Gasteiger charge is 2.54. The summed E-state index contributed by atoms with van der Waals surface area (Å²) in [7, 11) is 0. The van der Waals surface area contributed by atoms with E-state index in [4.69, 9.17) is 4.74 Å². The van der Waals surface area contributed by atoms with Gasteiger partial charge in [0.25, 0.3) is 0 Å². The Labute approximate surface area is 97.6 Å². The lowest BCUT2D eigenvalue weighted by Gasteiger charge is -2.20. The van der Waals surface area contributed by atoms with Gasteiger partial charge in [-0.25, -0.2) is 4.79 Å². The molecule has 0 aromatic carbocycles. The molecule has 4 nitrogen and oxygen atoms in total. The number of aliphatic hydroxyl groups excluding tert-OH is 1. The molecule has 1 amide bonds. The molecule has 1 N–H and O–H groups in total. The summed E-state index contributed by atoms with van der Waals surface area (Å²) >= 11 is 0. The van der Waals surface area contributed by atoms with Gasteiger partial charge in [-0.1, -0.05) is 13.3 Å². The fourth-order valence-electron chi connectivity index (χ4n) is 2.03. The van der Waals surface area contributed by atoms with Crippen LogP contribution in [0, 0.1) is 0 Å². The smallest absolute Gasteiger partial charge is 0.411 e. The maximum atomic E-state index is 11.8. The molecule has 3 atom stereocenters. The van der Waals surface area contributed by atoms with Crippen molar-refractivity contribution in [1.82, 2.24) is 4.90 Å². The van der Waals surface area contributed by atoms with Crippen molar-refractivity contribution in [3.8, 4) is 0 Å². The Morgan fingerprint density at radius 3 is 2.44 bits per heavy atom. The van der Waals surface area contributed by atoms with Crippen LogP contribution < -0.4 is 0 Å². The van der Waals surface area contributed by atoms with Gasteiger partial charge in [-0.05, 0) is 34.1 Å². The topological polar surface area (TPSA) is 49.5 Å². The zero-order valence-corrected chi connectivity index (χ0v) is 10.9. The minimum Gasteiger partial charge on any atom is -0.444 e. The molecule has 0 aromatic rings. The summed E-state index contributed by atoms with van der Waals surface area (Å²) in [6.45, 7) is 9.34. The molecule has 1 heterocycles. The average molecular weight is 229 g/mol. The third kappa shape index (κ3) is 3.11. The quantitative estimate of drug-likeness (QED) is 0.754. The number of aliphatic hydroxyl groups is 1. The molecule has 0 radical (unpaired) electrons. The maximum Gasteiger partial charge on any atom is 0.411 e. The first-order valence-corrected chi connectivity index (χ1v) is 5.97. The summed E-state index contributed by atoms with van der Waals surface area (Å²) in [4.78, 5) is 13.5. The van der Waals surface area contributed by atoms with E-state index in [-0.39, 0.29) is 18.2 Å². The number of nitrogens with zero attached hydrogens (tertiary/aromatic N) is 1. The molecule has 0 aromatic heterocycles. The van der Waals surface area contributed by atoms with Crippen molar-refractivity contribution in [2.24, 2.45) is 0 Å². The van der Waals surface area contributed by atoms with E-state index >= 15 is 0 Å². The second-order valence-electron chi connectivity index (χ2n) is 5.47.